The maximum absolute atomic E-state index is 11.0. The molecule has 0 aliphatic rings. The number of aliphatic carboxylic acids is 1. The molecule has 3 N–H and O–H groups in total. The summed E-state index contributed by atoms with van der Waals surface area (Å²) in [6, 6.07) is 7.95. The molecular formula is C15H15N3O2. The van der Waals surface area contributed by atoms with Gasteiger partial charge >= 0.3 is 5.97 Å². The van der Waals surface area contributed by atoms with Crippen molar-refractivity contribution in [3.63, 3.8) is 0 Å². The molecule has 0 aliphatic heterocycles. The van der Waals surface area contributed by atoms with Gasteiger partial charge < -0.3 is 15.1 Å². The second-order valence-electron chi connectivity index (χ2n) is 4.89. The van der Waals surface area contributed by atoms with Crippen LogP contribution in [0.15, 0.2) is 24.3 Å². The molecule has 102 valence electrons. The zero-order chi connectivity index (χ0) is 14.3. The van der Waals surface area contributed by atoms with Crippen LogP contribution in [0.25, 0.3) is 22.2 Å². The van der Waals surface area contributed by atoms with E-state index < -0.39 is 5.97 Å². The van der Waals surface area contributed by atoms with E-state index in [1.54, 1.807) is 0 Å². The Morgan fingerprint density at radius 3 is 2.75 bits per heavy atom. The highest BCUT2D eigenvalue weighted by atomic mass is 16.4. The number of aromatic nitrogens is 3. The number of hydrogen-bond acceptors (Lipinski definition) is 2. The van der Waals surface area contributed by atoms with Crippen LogP contribution in [0.2, 0.25) is 0 Å². The smallest absolute Gasteiger partial charge is 0.309 e. The lowest BCUT2D eigenvalue weighted by molar-refractivity contribution is -0.136. The number of carboxylic acid groups (broad SMARTS) is 1. The molecule has 0 saturated heterocycles. The molecule has 2 aromatic heterocycles. The molecule has 0 radical (unpaired) electrons. The number of imidazole rings is 1. The van der Waals surface area contributed by atoms with Crippen LogP contribution >= 0.6 is 0 Å². The van der Waals surface area contributed by atoms with Crippen LogP contribution in [-0.2, 0) is 11.2 Å². The molecule has 5 heteroatoms. The largest absolute Gasteiger partial charge is 0.481 e. The minimum Gasteiger partial charge on any atom is -0.481 e. The first kappa shape index (κ1) is 12.5. The minimum atomic E-state index is -0.868. The number of nitrogens with one attached hydrogen (secondary N) is 2. The van der Waals surface area contributed by atoms with Gasteiger partial charge in [0.15, 0.2) is 0 Å². The third-order valence-corrected chi connectivity index (χ3v) is 3.36. The molecule has 2 heterocycles. The van der Waals surface area contributed by atoms with Crippen LogP contribution in [0.3, 0.4) is 0 Å². The van der Waals surface area contributed by atoms with Gasteiger partial charge in [-0.15, -0.1) is 0 Å². The van der Waals surface area contributed by atoms with Crippen LogP contribution in [0, 0.1) is 13.8 Å². The normalized spacial score (nSPS) is 11.1. The summed E-state index contributed by atoms with van der Waals surface area (Å²) in [6.07, 6.45) is -0.0604. The van der Waals surface area contributed by atoms with E-state index in [1.807, 2.05) is 38.1 Å². The van der Waals surface area contributed by atoms with Gasteiger partial charge in [0.25, 0.3) is 0 Å². The van der Waals surface area contributed by atoms with Gasteiger partial charge in [0.1, 0.15) is 5.82 Å². The van der Waals surface area contributed by atoms with Gasteiger partial charge in [-0.05, 0) is 19.9 Å². The average molecular weight is 269 g/mol. The molecule has 20 heavy (non-hydrogen) atoms. The molecule has 5 nitrogen and oxygen atoms in total. The molecular weight excluding hydrogens is 254 g/mol. The summed E-state index contributed by atoms with van der Waals surface area (Å²) in [4.78, 5) is 21.8. The Morgan fingerprint density at radius 1 is 1.25 bits per heavy atom. The van der Waals surface area contributed by atoms with E-state index in [0.717, 1.165) is 33.7 Å². The first-order chi connectivity index (χ1) is 9.56. The topological polar surface area (TPSA) is 81.8 Å². The van der Waals surface area contributed by atoms with Crippen LogP contribution in [0.5, 0.6) is 0 Å². The van der Waals surface area contributed by atoms with E-state index >= 15 is 0 Å². The molecule has 3 rings (SSSR count). The Morgan fingerprint density at radius 2 is 2.00 bits per heavy atom. The number of benzene rings is 1. The van der Waals surface area contributed by atoms with Crippen molar-refractivity contribution in [3.8, 4) is 11.3 Å². The molecule has 0 unspecified atom stereocenters. The number of carboxylic acids is 1. The Hall–Kier alpha value is -2.56. The summed E-state index contributed by atoms with van der Waals surface area (Å²) in [5.74, 6) is -0.145. The first-order valence-electron chi connectivity index (χ1n) is 6.41. The second-order valence-corrected chi connectivity index (χ2v) is 4.89. The zero-order valence-electron chi connectivity index (χ0n) is 11.3. The SMILES string of the molecule is Cc1nc(-c2c(C)[nH]c3ccccc23)c(CC(=O)O)[nH]1. The molecule has 0 spiro atoms. The summed E-state index contributed by atoms with van der Waals surface area (Å²) in [5.41, 5.74) is 4.36. The van der Waals surface area contributed by atoms with Crippen LogP contribution in [0.1, 0.15) is 17.2 Å². The second kappa shape index (κ2) is 4.52. The highest BCUT2D eigenvalue weighted by Gasteiger charge is 2.18. The summed E-state index contributed by atoms with van der Waals surface area (Å²) < 4.78 is 0. The number of H-pyrrole nitrogens is 2. The fourth-order valence-corrected chi connectivity index (χ4v) is 2.61. The number of aryl methyl sites for hydroxylation is 2. The van der Waals surface area contributed by atoms with Gasteiger partial charge in [0.2, 0.25) is 0 Å². The molecule has 0 aliphatic carbocycles. The number of rotatable bonds is 3. The van der Waals surface area contributed by atoms with Crippen molar-refractivity contribution in [1.29, 1.82) is 0 Å². The van der Waals surface area contributed by atoms with Crippen LogP contribution in [0.4, 0.5) is 0 Å². The van der Waals surface area contributed by atoms with Crippen molar-refractivity contribution < 1.29 is 9.90 Å². The van der Waals surface area contributed by atoms with Gasteiger partial charge in [-0.1, -0.05) is 18.2 Å². The van der Waals surface area contributed by atoms with E-state index in [0.29, 0.717) is 5.69 Å². The van der Waals surface area contributed by atoms with E-state index in [4.69, 9.17) is 5.11 Å². The van der Waals surface area contributed by atoms with E-state index in [-0.39, 0.29) is 6.42 Å². The quantitative estimate of drug-likeness (QED) is 0.683. The number of para-hydroxylation sites is 1. The summed E-state index contributed by atoms with van der Waals surface area (Å²) in [7, 11) is 0. The highest BCUT2D eigenvalue weighted by molar-refractivity contribution is 5.97. The van der Waals surface area contributed by atoms with Gasteiger partial charge in [0.05, 0.1) is 17.8 Å². The van der Waals surface area contributed by atoms with Crippen LogP contribution in [-0.4, -0.2) is 26.0 Å². The lowest BCUT2D eigenvalue weighted by atomic mass is 10.1. The van der Waals surface area contributed by atoms with Crippen molar-refractivity contribution in [2.24, 2.45) is 0 Å². The minimum absolute atomic E-state index is 0.0604. The lowest BCUT2D eigenvalue weighted by Crippen LogP contribution is -2.02. The van der Waals surface area contributed by atoms with E-state index in [9.17, 15) is 4.79 Å². The van der Waals surface area contributed by atoms with E-state index in [1.165, 1.54) is 0 Å². The third-order valence-electron chi connectivity index (χ3n) is 3.36. The monoisotopic (exact) mass is 269 g/mol. The van der Waals surface area contributed by atoms with Crippen molar-refractivity contribution in [2.45, 2.75) is 20.3 Å². The number of fused-ring (bicyclic) bond motifs is 1. The molecule has 0 amide bonds. The average Bonchev–Trinajstić information content (AvgIpc) is 2.87. The molecule has 0 bridgehead atoms. The number of carbonyl (C=O) groups is 1. The summed E-state index contributed by atoms with van der Waals surface area (Å²) >= 11 is 0. The summed E-state index contributed by atoms with van der Waals surface area (Å²) in [6.45, 7) is 3.81. The van der Waals surface area contributed by atoms with Crippen LogP contribution < -0.4 is 0 Å². The Labute approximate surface area is 115 Å². The Bertz CT molecular complexity index is 799. The molecule has 1 aromatic carbocycles. The Balaban J connectivity index is 2.25. The number of hydrogen-bond donors (Lipinski definition) is 3. The van der Waals surface area contributed by atoms with Crippen molar-refractivity contribution in [2.75, 3.05) is 0 Å². The standard InChI is InChI=1S/C15H15N3O2/c1-8-14(10-5-3-4-6-11(10)16-8)15-12(7-13(19)20)17-9(2)18-15/h3-6,16H,7H2,1-2H3,(H,17,18)(H,19,20). The number of nitrogens with zero attached hydrogens (tertiary/aromatic N) is 1. The zero-order valence-corrected chi connectivity index (χ0v) is 11.3. The van der Waals surface area contributed by atoms with E-state index in [2.05, 4.69) is 15.0 Å². The van der Waals surface area contributed by atoms with Gasteiger partial charge in [-0.3, -0.25) is 4.79 Å². The molecule has 3 aromatic rings. The predicted molar refractivity (Wildman–Crippen MR) is 76.7 cm³/mol. The molecule has 0 fully saturated rings. The van der Waals surface area contributed by atoms with Gasteiger partial charge in [-0.25, -0.2) is 4.98 Å². The maximum atomic E-state index is 11.0. The van der Waals surface area contributed by atoms with Crippen molar-refractivity contribution in [1.82, 2.24) is 15.0 Å². The Kier molecular flexibility index (Phi) is 2.82. The number of aromatic amines is 2. The van der Waals surface area contributed by atoms with Gasteiger partial charge in [-0.2, -0.15) is 0 Å². The maximum Gasteiger partial charge on any atom is 0.309 e. The summed E-state index contributed by atoms with van der Waals surface area (Å²) in [5, 5.41) is 10.1. The first-order valence-corrected chi connectivity index (χ1v) is 6.41. The lowest BCUT2D eigenvalue weighted by Gasteiger charge is -2.01. The fraction of sp³-hybridized carbons (Fsp3) is 0.200. The predicted octanol–water partition coefficient (Wildman–Crippen LogP) is 2.80. The fourth-order valence-electron chi connectivity index (χ4n) is 2.61. The third kappa shape index (κ3) is 1.97. The highest BCUT2D eigenvalue weighted by Crippen LogP contribution is 2.33. The van der Waals surface area contributed by atoms with Gasteiger partial charge in [0, 0.05) is 22.2 Å². The molecule has 0 saturated carbocycles. The van der Waals surface area contributed by atoms with Crippen molar-refractivity contribution >= 4 is 16.9 Å². The van der Waals surface area contributed by atoms with Crippen molar-refractivity contribution in [3.05, 3.63) is 41.5 Å². The molecule has 0 atom stereocenters.